The molecule has 0 saturated carbocycles. The van der Waals surface area contributed by atoms with Gasteiger partial charge in [-0.1, -0.05) is 59.6 Å². The van der Waals surface area contributed by atoms with Crippen LogP contribution in [-0.2, 0) is 33.6 Å². The Hall–Kier alpha value is -3.61. The lowest BCUT2D eigenvalue weighted by Gasteiger charge is -2.24. The van der Waals surface area contributed by atoms with Crippen LogP contribution in [0.1, 0.15) is 23.6 Å². The van der Waals surface area contributed by atoms with E-state index in [0.717, 1.165) is 22.3 Å². The minimum atomic E-state index is -1.22. The number of esters is 1. The number of hydrogen-bond donors (Lipinski definition) is 1. The Balaban J connectivity index is 1.56. The summed E-state index contributed by atoms with van der Waals surface area (Å²) in [4.78, 5) is 29.0. The van der Waals surface area contributed by atoms with Crippen LogP contribution in [0.4, 0.5) is 0 Å². The number of aliphatic carboxylic acids is 1. The Morgan fingerprint density at radius 3 is 2.53 bits per heavy atom. The second-order valence-corrected chi connectivity index (χ2v) is 9.73. The van der Waals surface area contributed by atoms with Crippen LogP contribution >= 0.6 is 23.2 Å². The van der Waals surface area contributed by atoms with Gasteiger partial charge < -0.3 is 14.6 Å². The van der Waals surface area contributed by atoms with E-state index in [2.05, 4.69) is 4.99 Å². The first-order valence-corrected chi connectivity index (χ1v) is 13.0. The highest BCUT2D eigenvalue weighted by molar-refractivity contribution is 6.35. The van der Waals surface area contributed by atoms with E-state index in [0.29, 0.717) is 34.4 Å². The molecule has 4 rings (SSSR count). The normalized spacial score (nSPS) is 16.0. The van der Waals surface area contributed by atoms with E-state index in [-0.39, 0.29) is 19.4 Å². The predicted octanol–water partition coefficient (Wildman–Crippen LogP) is 6.39. The van der Waals surface area contributed by atoms with Gasteiger partial charge in [0.2, 0.25) is 0 Å². The largest absolute Gasteiger partial charge is 0.494 e. The number of rotatable bonds is 11. The van der Waals surface area contributed by atoms with Gasteiger partial charge in [0.15, 0.2) is 5.54 Å². The number of carboxylic acid groups (broad SMARTS) is 1. The van der Waals surface area contributed by atoms with Gasteiger partial charge in [-0.3, -0.25) is 9.79 Å². The van der Waals surface area contributed by atoms with Gasteiger partial charge in [0.1, 0.15) is 5.75 Å². The Morgan fingerprint density at radius 2 is 1.82 bits per heavy atom. The van der Waals surface area contributed by atoms with E-state index < -0.39 is 17.5 Å². The average Bonchev–Trinajstić information content (AvgIpc) is 3.36. The van der Waals surface area contributed by atoms with Gasteiger partial charge >= 0.3 is 11.9 Å². The van der Waals surface area contributed by atoms with Crippen molar-refractivity contribution in [1.29, 1.82) is 0 Å². The van der Waals surface area contributed by atoms with Gasteiger partial charge in [-0.15, -0.1) is 0 Å². The summed E-state index contributed by atoms with van der Waals surface area (Å²) in [5.74, 6) is -0.711. The van der Waals surface area contributed by atoms with E-state index in [1.807, 2.05) is 49.4 Å². The quantitative estimate of drug-likeness (QED) is 0.279. The van der Waals surface area contributed by atoms with Crippen LogP contribution in [-0.4, -0.2) is 42.0 Å². The van der Waals surface area contributed by atoms with E-state index in [1.165, 1.54) is 0 Å². The Bertz CT molecular complexity index is 1390. The van der Waals surface area contributed by atoms with E-state index in [1.54, 1.807) is 36.6 Å². The fraction of sp³-hybridized carbons (Fsp3) is 0.233. The van der Waals surface area contributed by atoms with Crippen LogP contribution < -0.4 is 4.74 Å². The van der Waals surface area contributed by atoms with Gasteiger partial charge in [0, 0.05) is 29.1 Å². The predicted molar refractivity (Wildman–Crippen MR) is 150 cm³/mol. The summed E-state index contributed by atoms with van der Waals surface area (Å²) < 4.78 is 11.5. The maximum atomic E-state index is 13.3. The van der Waals surface area contributed by atoms with E-state index in [9.17, 15) is 9.59 Å². The van der Waals surface area contributed by atoms with Gasteiger partial charge in [0.25, 0.3) is 0 Å². The molecule has 0 spiro atoms. The number of aliphatic imine (C=N–C) groups is 1. The number of halogens is 2. The van der Waals surface area contributed by atoms with Crippen molar-refractivity contribution in [2.24, 2.45) is 4.99 Å². The molecule has 1 atom stereocenters. The first-order valence-electron chi connectivity index (χ1n) is 12.2. The number of ether oxygens (including phenoxy) is 2. The van der Waals surface area contributed by atoms with Gasteiger partial charge in [-0.2, -0.15) is 0 Å². The van der Waals surface area contributed by atoms with Gasteiger partial charge in [-0.05, 0) is 71.2 Å². The van der Waals surface area contributed by atoms with Crippen LogP contribution in [0.3, 0.4) is 0 Å². The number of benzene rings is 3. The number of hydrogen-bond acceptors (Lipinski definition) is 5. The zero-order chi connectivity index (χ0) is 27.1. The topological polar surface area (TPSA) is 85.2 Å². The molecule has 8 heteroatoms. The molecule has 1 N–H and O–H groups in total. The molecule has 38 heavy (non-hydrogen) atoms. The molecule has 0 bridgehead atoms. The van der Waals surface area contributed by atoms with Crippen molar-refractivity contribution in [3.8, 4) is 16.9 Å². The van der Waals surface area contributed by atoms with Crippen molar-refractivity contribution in [2.75, 3.05) is 13.2 Å². The third-order valence-electron chi connectivity index (χ3n) is 6.17. The molecule has 0 amide bonds. The van der Waals surface area contributed by atoms with Crippen molar-refractivity contribution >= 4 is 41.4 Å². The summed E-state index contributed by atoms with van der Waals surface area (Å²) in [6, 6.07) is 18.3. The molecule has 0 fully saturated rings. The maximum Gasteiger partial charge on any atom is 0.338 e. The molecule has 196 valence electrons. The maximum absolute atomic E-state index is 13.3. The highest BCUT2D eigenvalue weighted by atomic mass is 35.5. The fourth-order valence-electron chi connectivity index (χ4n) is 4.34. The van der Waals surface area contributed by atoms with Crippen LogP contribution in [0.2, 0.25) is 10.0 Å². The average molecular weight is 552 g/mol. The Kier molecular flexibility index (Phi) is 8.87. The Labute approximate surface area is 231 Å². The molecule has 3 aromatic carbocycles. The second kappa shape index (κ2) is 12.3. The van der Waals surface area contributed by atoms with Crippen LogP contribution in [0.25, 0.3) is 11.1 Å². The number of carbonyl (C=O) groups is 2. The molecular formula is C30H27Cl2NO5. The second-order valence-electron chi connectivity index (χ2n) is 8.89. The molecular weight excluding hydrogens is 525 g/mol. The third kappa shape index (κ3) is 6.63. The summed E-state index contributed by atoms with van der Waals surface area (Å²) in [6.45, 7) is 2.49. The van der Waals surface area contributed by atoms with Crippen molar-refractivity contribution in [3.63, 3.8) is 0 Å². The summed E-state index contributed by atoms with van der Waals surface area (Å²) >= 11 is 12.2. The minimum absolute atomic E-state index is 0.0621. The molecule has 0 aromatic heterocycles. The molecule has 0 saturated heterocycles. The summed E-state index contributed by atoms with van der Waals surface area (Å²) in [7, 11) is 0. The zero-order valence-electron chi connectivity index (χ0n) is 20.8. The molecule has 1 aliphatic rings. The first kappa shape index (κ1) is 27.4. The third-order valence-corrected chi connectivity index (χ3v) is 6.76. The lowest BCUT2D eigenvalue weighted by Crippen LogP contribution is -2.38. The number of carboxylic acids is 1. The lowest BCUT2D eigenvalue weighted by molar-refractivity contribution is -0.148. The molecule has 6 nitrogen and oxygen atoms in total. The van der Waals surface area contributed by atoms with Gasteiger partial charge in [-0.25, -0.2) is 4.79 Å². The van der Waals surface area contributed by atoms with E-state index >= 15 is 0 Å². The molecule has 1 heterocycles. The Morgan fingerprint density at radius 1 is 1.00 bits per heavy atom. The number of allylic oxidation sites excluding steroid dienone is 1. The summed E-state index contributed by atoms with van der Waals surface area (Å²) in [5.41, 5.74) is 2.85. The first-order chi connectivity index (χ1) is 18.3. The minimum Gasteiger partial charge on any atom is -0.494 e. The smallest absolute Gasteiger partial charge is 0.338 e. The van der Waals surface area contributed by atoms with Crippen molar-refractivity contribution in [2.45, 2.75) is 31.7 Å². The standard InChI is InChI=1S/C30H27Cl2NO5/c1-2-37-27-10-8-23(22-6-3-5-20(15-22)16-28(34)35)17-24(27)19-30(12-4-13-33-30)29(36)38-14-11-21-7-9-25(31)18-26(21)32/h3-10,12-13,15,17-18H,2,11,14,16,19H2,1H3,(H,34,35). The van der Waals surface area contributed by atoms with Crippen molar-refractivity contribution < 1.29 is 24.2 Å². The fourth-order valence-corrected chi connectivity index (χ4v) is 4.84. The van der Waals surface area contributed by atoms with Crippen LogP contribution in [0.5, 0.6) is 5.75 Å². The number of carbonyl (C=O) groups excluding carboxylic acids is 1. The van der Waals surface area contributed by atoms with E-state index in [4.69, 9.17) is 37.8 Å². The van der Waals surface area contributed by atoms with Crippen molar-refractivity contribution in [1.82, 2.24) is 0 Å². The molecule has 3 aromatic rings. The summed E-state index contributed by atoms with van der Waals surface area (Å²) in [6.07, 6.45) is 5.68. The highest BCUT2D eigenvalue weighted by Gasteiger charge is 2.39. The molecule has 0 radical (unpaired) electrons. The molecule has 0 aliphatic carbocycles. The highest BCUT2D eigenvalue weighted by Crippen LogP contribution is 2.33. The van der Waals surface area contributed by atoms with Gasteiger partial charge in [0.05, 0.1) is 19.6 Å². The molecule has 1 aliphatic heterocycles. The van der Waals surface area contributed by atoms with Crippen molar-refractivity contribution in [3.05, 3.63) is 99.6 Å². The SMILES string of the molecule is CCOc1ccc(-c2cccc(CC(=O)O)c2)cc1CC1(C(=O)OCCc2ccc(Cl)cc2Cl)C=CC=N1. The van der Waals surface area contributed by atoms with Crippen LogP contribution in [0, 0.1) is 0 Å². The lowest BCUT2D eigenvalue weighted by atomic mass is 9.89. The summed E-state index contributed by atoms with van der Waals surface area (Å²) in [5, 5.41) is 10.2. The monoisotopic (exact) mass is 551 g/mol. The number of nitrogens with zero attached hydrogens (tertiary/aromatic N) is 1. The zero-order valence-corrected chi connectivity index (χ0v) is 22.3. The molecule has 1 unspecified atom stereocenters. The van der Waals surface area contributed by atoms with Crippen LogP contribution in [0.15, 0.2) is 77.8 Å².